The van der Waals surface area contributed by atoms with Crippen LogP contribution < -0.4 is 10.1 Å². The molecule has 114 valence electrons. The summed E-state index contributed by atoms with van der Waals surface area (Å²) >= 11 is 6.06. The number of nitrogens with one attached hydrogen (secondary N) is 1. The van der Waals surface area contributed by atoms with Gasteiger partial charge in [0.05, 0.1) is 17.7 Å². The van der Waals surface area contributed by atoms with Crippen LogP contribution >= 0.6 is 11.6 Å². The van der Waals surface area contributed by atoms with Gasteiger partial charge >= 0.3 is 0 Å². The quantitative estimate of drug-likeness (QED) is 0.887. The standard InChI is InChI=1S/C18H18ClNO2/c1-2-22-16-9-4-3-8-15(16)20-17(21)18(10-11-18)13-6-5-7-14(19)12-13/h3-9,12H,2,10-11H2,1H3,(H,20,21). The Balaban J connectivity index is 1.83. The highest BCUT2D eigenvalue weighted by molar-refractivity contribution is 6.30. The number of anilines is 1. The van der Waals surface area contributed by atoms with Gasteiger partial charge in [-0.05, 0) is 49.6 Å². The van der Waals surface area contributed by atoms with E-state index in [0.717, 1.165) is 18.4 Å². The maximum absolute atomic E-state index is 12.8. The lowest BCUT2D eigenvalue weighted by Gasteiger charge is -2.17. The van der Waals surface area contributed by atoms with Crippen LogP contribution in [-0.4, -0.2) is 12.5 Å². The molecule has 0 heterocycles. The van der Waals surface area contributed by atoms with Gasteiger partial charge in [0.1, 0.15) is 5.75 Å². The van der Waals surface area contributed by atoms with E-state index in [1.54, 1.807) is 0 Å². The van der Waals surface area contributed by atoms with E-state index >= 15 is 0 Å². The van der Waals surface area contributed by atoms with E-state index in [0.29, 0.717) is 23.1 Å². The van der Waals surface area contributed by atoms with Crippen LogP contribution in [0.2, 0.25) is 5.02 Å². The van der Waals surface area contributed by atoms with Gasteiger partial charge in [-0.25, -0.2) is 0 Å². The molecule has 22 heavy (non-hydrogen) atoms. The summed E-state index contributed by atoms with van der Waals surface area (Å²) in [6, 6.07) is 15.1. The number of carbonyl (C=O) groups excluding carboxylic acids is 1. The molecule has 1 fully saturated rings. The van der Waals surface area contributed by atoms with Gasteiger partial charge in [0.2, 0.25) is 5.91 Å². The summed E-state index contributed by atoms with van der Waals surface area (Å²) in [5.74, 6) is 0.696. The van der Waals surface area contributed by atoms with Crippen LogP contribution in [0.15, 0.2) is 48.5 Å². The largest absolute Gasteiger partial charge is 0.492 e. The first kappa shape index (κ1) is 14.9. The van der Waals surface area contributed by atoms with Crippen LogP contribution in [0.3, 0.4) is 0 Å². The highest BCUT2D eigenvalue weighted by atomic mass is 35.5. The van der Waals surface area contributed by atoms with Crippen molar-refractivity contribution >= 4 is 23.2 Å². The molecule has 0 saturated heterocycles. The number of carbonyl (C=O) groups is 1. The fourth-order valence-corrected chi connectivity index (χ4v) is 2.84. The topological polar surface area (TPSA) is 38.3 Å². The minimum Gasteiger partial charge on any atom is -0.492 e. The minimum atomic E-state index is -0.454. The molecule has 0 aliphatic heterocycles. The SMILES string of the molecule is CCOc1ccccc1NC(=O)C1(c2cccc(Cl)c2)CC1. The van der Waals surface area contributed by atoms with Crippen molar-refractivity contribution in [2.24, 2.45) is 0 Å². The van der Waals surface area contributed by atoms with Gasteiger partial charge in [0.25, 0.3) is 0 Å². The molecule has 4 heteroatoms. The van der Waals surface area contributed by atoms with Gasteiger partial charge in [0.15, 0.2) is 0 Å². The Morgan fingerprint density at radius 2 is 2.00 bits per heavy atom. The fourth-order valence-electron chi connectivity index (χ4n) is 2.65. The first-order valence-electron chi connectivity index (χ1n) is 7.45. The minimum absolute atomic E-state index is 0.00178. The molecule has 0 atom stereocenters. The monoisotopic (exact) mass is 315 g/mol. The number of amides is 1. The van der Waals surface area contributed by atoms with E-state index in [1.807, 2.05) is 55.5 Å². The summed E-state index contributed by atoms with van der Waals surface area (Å²) in [6.07, 6.45) is 1.69. The average Bonchev–Trinajstić information content (AvgIpc) is 3.31. The second kappa shape index (κ2) is 6.01. The van der Waals surface area contributed by atoms with Crippen molar-refractivity contribution in [2.45, 2.75) is 25.2 Å². The maximum Gasteiger partial charge on any atom is 0.235 e. The lowest BCUT2D eigenvalue weighted by Crippen LogP contribution is -2.28. The predicted molar refractivity (Wildman–Crippen MR) is 88.6 cm³/mol. The van der Waals surface area contributed by atoms with E-state index in [9.17, 15) is 4.79 Å². The Hall–Kier alpha value is -2.00. The number of halogens is 1. The second-order valence-electron chi connectivity index (χ2n) is 5.48. The van der Waals surface area contributed by atoms with Crippen LogP contribution in [0.25, 0.3) is 0 Å². The van der Waals surface area contributed by atoms with Gasteiger partial charge in [-0.1, -0.05) is 35.9 Å². The van der Waals surface area contributed by atoms with Crippen LogP contribution in [-0.2, 0) is 10.2 Å². The zero-order chi connectivity index (χ0) is 15.6. The molecule has 0 bridgehead atoms. The van der Waals surface area contributed by atoms with Crippen molar-refractivity contribution in [1.82, 2.24) is 0 Å². The van der Waals surface area contributed by atoms with Gasteiger partial charge in [-0.3, -0.25) is 4.79 Å². The summed E-state index contributed by atoms with van der Waals surface area (Å²) in [5, 5.41) is 3.67. The lowest BCUT2D eigenvalue weighted by atomic mass is 9.95. The molecule has 3 rings (SSSR count). The van der Waals surface area contributed by atoms with Gasteiger partial charge in [-0.2, -0.15) is 0 Å². The second-order valence-corrected chi connectivity index (χ2v) is 5.91. The third-order valence-corrected chi connectivity index (χ3v) is 4.23. The number of ether oxygens (including phenoxy) is 1. The summed E-state index contributed by atoms with van der Waals surface area (Å²) in [6.45, 7) is 2.49. The van der Waals surface area contributed by atoms with E-state index in [2.05, 4.69) is 5.32 Å². The maximum atomic E-state index is 12.8. The van der Waals surface area contributed by atoms with Gasteiger partial charge < -0.3 is 10.1 Å². The first-order chi connectivity index (χ1) is 10.7. The summed E-state index contributed by atoms with van der Waals surface area (Å²) in [4.78, 5) is 12.8. The highest BCUT2D eigenvalue weighted by Crippen LogP contribution is 2.49. The molecule has 2 aromatic carbocycles. The van der Waals surface area contributed by atoms with Crippen molar-refractivity contribution in [1.29, 1.82) is 0 Å². The predicted octanol–water partition coefficient (Wildman–Crippen LogP) is 4.41. The number of para-hydroxylation sites is 2. The third-order valence-electron chi connectivity index (χ3n) is 4.00. The first-order valence-corrected chi connectivity index (χ1v) is 7.83. The van der Waals surface area contributed by atoms with Crippen LogP contribution in [0.1, 0.15) is 25.3 Å². The Labute approximate surface area is 135 Å². The molecule has 1 aliphatic carbocycles. The zero-order valence-corrected chi connectivity index (χ0v) is 13.2. The third kappa shape index (κ3) is 2.81. The van der Waals surface area contributed by atoms with Crippen molar-refractivity contribution in [2.75, 3.05) is 11.9 Å². The molecule has 1 N–H and O–H groups in total. The van der Waals surface area contributed by atoms with Gasteiger partial charge in [0, 0.05) is 5.02 Å². The molecular formula is C18H18ClNO2. The molecular weight excluding hydrogens is 298 g/mol. The van der Waals surface area contributed by atoms with E-state index in [1.165, 1.54) is 0 Å². The molecule has 1 amide bonds. The molecule has 1 aliphatic rings. The Bertz CT molecular complexity index is 695. The number of hydrogen-bond donors (Lipinski definition) is 1. The lowest BCUT2D eigenvalue weighted by molar-refractivity contribution is -0.118. The van der Waals surface area contributed by atoms with Crippen molar-refractivity contribution in [3.05, 3.63) is 59.1 Å². The van der Waals surface area contributed by atoms with E-state index in [4.69, 9.17) is 16.3 Å². The Morgan fingerprint density at radius 3 is 2.68 bits per heavy atom. The summed E-state index contributed by atoms with van der Waals surface area (Å²) in [5.41, 5.74) is 1.23. The van der Waals surface area contributed by atoms with E-state index < -0.39 is 5.41 Å². The zero-order valence-electron chi connectivity index (χ0n) is 12.4. The number of hydrogen-bond acceptors (Lipinski definition) is 2. The molecule has 1 saturated carbocycles. The fraction of sp³-hybridized carbons (Fsp3) is 0.278. The van der Waals surface area contributed by atoms with Crippen LogP contribution in [0, 0.1) is 0 Å². The molecule has 0 spiro atoms. The smallest absolute Gasteiger partial charge is 0.235 e. The molecule has 3 nitrogen and oxygen atoms in total. The Morgan fingerprint density at radius 1 is 1.23 bits per heavy atom. The van der Waals surface area contributed by atoms with Gasteiger partial charge in [-0.15, -0.1) is 0 Å². The van der Waals surface area contributed by atoms with E-state index in [-0.39, 0.29) is 5.91 Å². The summed E-state index contributed by atoms with van der Waals surface area (Å²) in [7, 11) is 0. The summed E-state index contributed by atoms with van der Waals surface area (Å²) < 4.78 is 5.56. The molecule has 0 unspecified atom stereocenters. The van der Waals surface area contributed by atoms with Crippen molar-refractivity contribution in [3.63, 3.8) is 0 Å². The normalized spacial score (nSPS) is 15.2. The highest BCUT2D eigenvalue weighted by Gasteiger charge is 2.51. The van der Waals surface area contributed by atoms with Crippen molar-refractivity contribution in [3.8, 4) is 5.75 Å². The van der Waals surface area contributed by atoms with Crippen molar-refractivity contribution < 1.29 is 9.53 Å². The molecule has 0 radical (unpaired) electrons. The number of benzene rings is 2. The van der Waals surface area contributed by atoms with Crippen LogP contribution in [0.5, 0.6) is 5.75 Å². The van der Waals surface area contributed by atoms with Crippen LogP contribution in [0.4, 0.5) is 5.69 Å². The number of rotatable bonds is 5. The molecule has 0 aromatic heterocycles. The average molecular weight is 316 g/mol. The molecule has 2 aromatic rings. The Kier molecular flexibility index (Phi) is 4.08.